The van der Waals surface area contributed by atoms with Gasteiger partial charge in [0.2, 0.25) is 0 Å². The van der Waals surface area contributed by atoms with Crippen LogP contribution in [0.1, 0.15) is 5.69 Å². The van der Waals surface area contributed by atoms with Crippen LogP contribution in [0.15, 0.2) is 41.8 Å². The van der Waals surface area contributed by atoms with Crippen LogP contribution in [0, 0.1) is 0 Å². The first kappa shape index (κ1) is 12.3. The quantitative estimate of drug-likeness (QED) is 0.806. The summed E-state index contributed by atoms with van der Waals surface area (Å²) in [5.41, 5.74) is 8.33. The maximum Gasteiger partial charge on any atom is 0.109 e. The Labute approximate surface area is 119 Å². The number of thiophene rings is 1. The van der Waals surface area contributed by atoms with Crippen molar-refractivity contribution in [2.45, 2.75) is 6.54 Å². The average Bonchev–Trinajstić information content (AvgIpc) is 3.07. The van der Waals surface area contributed by atoms with Crippen LogP contribution in [0.5, 0.6) is 0 Å². The van der Waals surface area contributed by atoms with E-state index in [1.807, 2.05) is 41.8 Å². The molecule has 3 rings (SSSR count). The predicted molar refractivity (Wildman–Crippen MR) is 77.6 cm³/mol. The van der Waals surface area contributed by atoms with Gasteiger partial charge in [0.1, 0.15) is 11.4 Å². The van der Waals surface area contributed by atoms with E-state index in [9.17, 15) is 0 Å². The minimum absolute atomic E-state index is 0.355. The number of nitrogens with two attached hydrogens (primary N) is 1. The molecule has 0 saturated carbocycles. The molecule has 1 aromatic carbocycles. The molecule has 6 heteroatoms. The summed E-state index contributed by atoms with van der Waals surface area (Å²) >= 11 is 7.66. The number of nitrogens with zero attached hydrogens (tertiary/aromatic N) is 3. The number of rotatable bonds is 3. The maximum atomic E-state index is 6.03. The van der Waals surface area contributed by atoms with Crippen LogP contribution >= 0.6 is 22.9 Å². The summed E-state index contributed by atoms with van der Waals surface area (Å²) in [6.45, 7) is 0.355. The molecule has 0 unspecified atom stereocenters. The summed E-state index contributed by atoms with van der Waals surface area (Å²) in [6.07, 6.45) is 0. The molecule has 0 atom stereocenters. The molecule has 19 heavy (non-hydrogen) atoms. The van der Waals surface area contributed by atoms with E-state index in [4.69, 9.17) is 17.3 Å². The van der Waals surface area contributed by atoms with Crippen LogP contribution in [0.4, 0.5) is 0 Å². The molecule has 0 aliphatic carbocycles. The number of benzene rings is 1. The largest absolute Gasteiger partial charge is 0.325 e. The van der Waals surface area contributed by atoms with Crippen molar-refractivity contribution < 1.29 is 0 Å². The lowest BCUT2D eigenvalue weighted by Crippen LogP contribution is -2.01. The third kappa shape index (κ3) is 2.28. The van der Waals surface area contributed by atoms with Crippen LogP contribution < -0.4 is 5.73 Å². The minimum atomic E-state index is 0.355. The van der Waals surface area contributed by atoms with E-state index >= 15 is 0 Å². The molecule has 0 radical (unpaired) electrons. The summed E-state index contributed by atoms with van der Waals surface area (Å²) in [7, 11) is 0. The fourth-order valence-electron chi connectivity index (χ4n) is 1.90. The number of halogens is 1. The summed E-state index contributed by atoms with van der Waals surface area (Å²) in [5.74, 6) is 0. The van der Waals surface area contributed by atoms with Gasteiger partial charge >= 0.3 is 0 Å². The fourth-order valence-corrected chi connectivity index (χ4v) is 2.86. The van der Waals surface area contributed by atoms with Crippen molar-refractivity contribution in [1.82, 2.24) is 15.0 Å². The van der Waals surface area contributed by atoms with Gasteiger partial charge in [-0.05, 0) is 29.6 Å². The molecule has 0 fully saturated rings. The van der Waals surface area contributed by atoms with Gasteiger partial charge in [-0.25, -0.2) is 4.68 Å². The average molecular weight is 291 g/mol. The number of hydrogen-bond donors (Lipinski definition) is 1. The Morgan fingerprint density at radius 2 is 2.16 bits per heavy atom. The molecule has 0 spiro atoms. The smallest absolute Gasteiger partial charge is 0.109 e. The summed E-state index contributed by atoms with van der Waals surface area (Å²) < 4.78 is 1.78. The highest BCUT2D eigenvalue weighted by atomic mass is 35.5. The van der Waals surface area contributed by atoms with E-state index in [0.717, 1.165) is 22.0 Å². The van der Waals surface area contributed by atoms with E-state index < -0.39 is 0 Å². The Hall–Kier alpha value is -1.69. The van der Waals surface area contributed by atoms with E-state index in [1.165, 1.54) is 0 Å². The van der Waals surface area contributed by atoms with Gasteiger partial charge in [0.15, 0.2) is 0 Å². The second kappa shape index (κ2) is 5.13. The second-order valence-corrected chi connectivity index (χ2v) is 5.34. The maximum absolute atomic E-state index is 6.03. The molecule has 96 valence electrons. The second-order valence-electron chi connectivity index (χ2n) is 3.96. The van der Waals surface area contributed by atoms with Gasteiger partial charge in [-0.1, -0.05) is 28.9 Å². The summed E-state index contributed by atoms with van der Waals surface area (Å²) in [5, 5.41) is 11.0. The van der Waals surface area contributed by atoms with Crippen LogP contribution in [0.2, 0.25) is 5.02 Å². The zero-order valence-electron chi connectivity index (χ0n) is 9.95. The zero-order chi connectivity index (χ0) is 13.2. The van der Waals surface area contributed by atoms with Gasteiger partial charge in [-0.2, -0.15) is 0 Å². The molecule has 0 bridgehead atoms. The predicted octanol–water partition coefficient (Wildman–Crippen LogP) is 3.11. The molecule has 4 nitrogen and oxygen atoms in total. The first-order valence-corrected chi connectivity index (χ1v) is 7.00. The Kier molecular flexibility index (Phi) is 3.33. The zero-order valence-corrected chi connectivity index (χ0v) is 11.5. The monoisotopic (exact) mass is 290 g/mol. The number of hydrogen-bond acceptors (Lipinski definition) is 4. The van der Waals surface area contributed by atoms with E-state index in [0.29, 0.717) is 11.6 Å². The van der Waals surface area contributed by atoms with Crippen LogP contribution in [0.25, 0.3) is 16.3 Å². The lowest BCUT2D eigenvalue weighted by atomic mass is 10.2. The lowest BCUT2D eigenvalue weighted by Gasteiger charge is -2.06. The van der Waals surface area contributed by atoms with Crippen molar-refractivity contribution >= 4 is 22.9 Å². The molecular weight excluding hydrogens is 280 g/mol. The minimum Gasteiger partial charge on any atom is -0.325 e. The first-order chi connectivity index (χ1) is 9.29. The van der Waals surface area contributed by atoms with Gasteiger partial charge in [-0.15, -0.1) is 16.4 Å². The first-order valence-electron chi connectivity index (χ1n) is 5.74. The lowest BCUT2D eigenvalue weighted by molar-refractivity contribution is 0.800. The summed E-state index contributed by atoms with van der Waals surface area (Å²) in [4.78, 5) is 1.09. The van der Waals surface area contributed by atoms with Crippen LogP contribution in [-0.2, 0) is 6.54 Å². The van der Waals surface area contributed by atoms with Crippen molar-refractivity contribution in [3.05, 3.63) is 52.5 Å². The van der Waals surface area contributed by atoms with Gasteiger partial charge < -0.3 is 5.73 Å². The Morgan fingerprint density at radius 1 is 1.26 bits per heavy atom. The van der Waals surface area contributed by atoms with E-state index in [1.54, 1.807) is 16.0 Å². The molecule has 2 aromatic heterocycles. The standard InChI is InChI=1S/C13H11ClN4S/c14-9-3-1-4-10(7-9)18-13(11(8-15)16-17-18)12-5-2-6-19-12/h1-7H,8,15H2. The van der Waals surface area contributed by atoms with Crippen molar-refractivity contribution in [2.24, 2.45) is 5.73 Å². The van der Waals surface area contributed by atoms with Crippen molar-refractivity contribution in [1.29, 1.82) is 0 Å². The van der Waals surface area contributed by atoms with E-state index in [-0.39, 0.29) is 0 Å². The highest BCUT2D eigenvalue weighted by Crippen LogP contribution is 2.29. The molecule has 2 heterocycles. The fraction of sp³-hybridized carbons (Fsp3) is 0.0769. The number of aromatic nitrogens is 3. The van der Waals surface area contributed by atoms with Crippen LogP contribution in [-0.4, -0.2) is 15.0 Å². The molecule has 3 aromatic rings. The normalized spacial score (nSPS) is 10.8. The van der Waals surface area contributed by atoms with Gasteiger partial charge in [0.05, 0.1) is 10.6 Å². The third-order valence-corrected chi connectivity index (χ3v) is 3.85. The topological polar surface area (TPSA) is 56.7 Å². The molecule has 0 aliphatic rings. The molecular formula is C13H11ClN4S. The highest BCUT2D eigenvalue weighted by Gasteiger charge is 2.16. The molecule has 0 saturated heterocycles. The Balaban J connectivity index is 2.20. The van der Waals surface area contributed by atoms with Crippen LogP contribution in [0.3, 0.4) is 0 Å². The van der Waals surface area contributed by atoms with Gasteiger partial charge in [0, 0.05) is 11.6 Å². The van der Waals surface area contributed by atoms with E-state index in [2.05, 4.69) is 10.3 Å². The molecule has 2 N–H and O–H groups in total. The molecule has 0 amide bonds. The van der Waals surface area contributed by atoms with Crippen molar-refractivity contribution in [3.63, 3.8) is 0 Å². The Morgan fingerprint density at radius 3 is 2.84 bits per heavy atom. The van der Waals surface area contributed by atoms with Crippen molar-refractivity contribution in [2.75, 3.05) is 0 Å². The summed E-state index contributed by atoms with van der Waals surface area (Å²) in [6, 6.07) is 11.5. The third-order valence-electron chi connectivity index (χ3n) is 2.74. The molecule has 0 aliphatic heterocycles. The van der Waals surface area contributed by atoms with Gasteiger partial charge in [-0.3, -0.25) is 0 Å². The SMILES string of the molecule is NCc1nnn(-c2cccc(Cl)c2)c1-c1cccs1. The van der Waals surface area contributed by atoms with Gasteiger partial charge in [0.25, 0.3) is 0 Å². The van der Waals surface area contributed by atoms with Crippen molar-refractivity contribution in [3.8, 4) is 16.3 Å². The Bertz CT molecular complexity index is 690. The highest BCUT2D eigenvalue weighted by molar-refractivity contribution is 7.13.